The number of hydrazine groups is 2. The summed E-state index contributed by atoms with van der Waals surface area (Å²) in [6, 6.07) is 0. The number of nitrogens with two attached hydrogens (primary N) is 3. The number of aliphatic imine (C=N–C) groups is 2. The van der Waals surface area contributed by atoms with Crippen LogP contribution in [0.5, 0.6) is 0 Å². The van der Waals surface area contributed by atoms with E-state index < -0.39 is 0 Å². The smallest absolute Gasteiger partial charge is 0.188 e. The number of nitrogens with zero attached hydrogens (tertiary/aromatic N) is 3. The fraction of sp³-hybridized carbons (Fsp3) is 0.842. The molecule has 0 aromatic carbocycles. The molecule has 28 heavy (non-hydrogen) atoms. The molecule has 0 unspecified atom stereocenters. The average Bonchev–Trinajstić information content (AvgIpc) is 2.68. The van der Waals surface area contributed by atoms with E-state index in [9.17, 15) is 0 Å². The molecule has 0 bridgehead atoms. The number of guanidine groups is 1. The highest BCUT2D eigenvalue weighted by molar-refractivity contribution is 5.74. The van der Waals surface area contributed by atoms with Gasteiger partial charge in [0.1, 0.15) is 0 Å². The van der Waals surface area contributed by atoms with Gasteiger partial charge in [0.25, 0.3) is 0 Å². The monoisotopic (exact) mass is 397 g/mol. The van der Waals surface area contributed by atoms with Gasteiger partial charge in [-0.2, -0.15) is 0 Å². The van der Waals surface area contributed by atoms with Gasteiger partial charge in [-0.1, -0.05) is 51.4 Å². The summed E-state index contributed by atoms with van der Waals surface area (Å²) in [5, 5.41) is 7.75. The summed E-state index contributed by atoms with van der Waals surface area (Å²) in [6.07, 6.45) is 17.2. The van der Waals surface area contributed by atoms with Crippen molar-refractivity contribution in [3.05, 3.63) is 0 Å². The summed E-state index contributed by atoms with van der Waals surface area (Å²) in [6.45, 7) is 3.47. The molecule has 0 aliphatic heterocycles. The highest BCUT2D eigenvalue weighted by atomic mass is 15.2. The van der Waals surface area contributed by atoms with Crippen LogP contribution in [0.15, 0.2) is 9.98 Å². The summed E-state index contributed by atoms with van der Waals surface area (Å²) in [5.41, 5.74) is 10.5. The number of nitrogens with one attached hydrogen (secondary N) is 3. The van der Waals surface area contributed by atoms with Crippen LogP contribution in [-0.2, 0) is 0 Å². The van der Waals surface area contributed by atoms with Crippen molar-refractivity contribution in [1.82, 2.24) is 15.8 Å². The SMILES string of the molecule is N=C(N)N(CCCCCCCCN=CNN)CCCCCCCCN=CNN. The Morgan fingerprint density at radius 2 is 1.04 bits per heavy atom. The van der Waals surface area contributed by atoms with Crippen molar-refractivity contribution in [3.8, 4) is 0 Å². The Balaban J connectivity index is 3.52. The van der Waals surface area contributed by atoms with Gasteiger partial charge in [0.15, 0.2) is 5.96 Å². The van der Waals surface area contributed by atoms with Crippen LogP contribution in [0.3, 0.4) is 0 Å². The Bertz CT molecular complexity index is 369. The molecule has 0 heterocycles. The van der Waals surface area contributed by atoms with E-state index >= 15 is 0 Å². The second-order valence-electron chi connectivity index (χ2n) is 7.02. The van der Waals surface area contributed by atoms with Gasteiger partial charge in [0, 0.05) is 26.2 Å². The fourth-order valence-electron chi connectivity index (χ4n) is 3.01. The Hall–Kier alpha value is -1.87. The van der Waals surface area contributed by atoms with Gasteiger partial charge >= 0.3 is 0 Å². The maximum atomic E-state index is 7.75. The summed E-state index contributed by atoms with van der Waals surface area (Å²) < 4.78 is 0. The number of unbranched alkanes of at least 4 members (excludes halogenated alkanes) is 10. The molecule has 164 valence electrons. The lowest BCUT2D eigenvalue weighted by molar-refractivity contribution is 0.378. The predicted octanol–water partition coefficient (Wildman–Crippen LogP) is 1.85. The molecule has 0 atom stereocenters. The van der Waals surface area contributed by atoms with Crippen molar-refractivity contribution in [3.63, 3.8) is 0 Å². The minimum absolute atomic E-state index is 0.206. The highest BCUT2D eigenvalue weighted by Crippen LogP contribution is 2.09. The van der Waals surface area contributed by atoms with Gasteiger partial charge in [-0.15, -0.1) is 0 Å². The molecule has 0 aromatic rings. The summed E-state index contributed by atoms with van der Waals surface area (Å²) in [4.78, 5) is 10.2. The minimum Gasteiger partial charge on any atom is -0.370 e. The summed E-state index contributed by atoms with van der Waals surface area (Å²) in [7, 11) is 0. The predicted molar refractivity (Wildman–Crippen MR) is 120 cm³/mol. The lowest BCUT2D eigenvalue weighted by atomic mass is 10.1. The van der Waals surface area contributed by atoms with E-state index in [0.29, 0.717) is 0 Å². The molecular weight excluding hydrogens is 354 g/mol. The summed E-state index contributed by atoms with van der Waals surface area (Å²) in [5.74, 6) is 10.4. The zero-order chi connectivity index (χ0) is 20.7. The fourth-order valence-corrected chi connectivity index (χ4v) is 3.01. The van der Waals surface area contributed by atoms with E-state index in [1.807, 2.05) is 4.90 Å². The third kappa shape index (κ3) is 18.9. The average molecular weight is 398 g/mol. The van der Waals surface area contributed by atoms with E-state index in [0.717, 1.165) is 51.9 Å². The topological polar surface area (TPSA) is 154 Å². The molecule has 0 spiro atoms. The maximum absolute atomic E-state index is 7.75. The van der Waals surface area contributed by atoms with Crippen LogP contribution in [0, 0.1) is 5.41 Å². The zero-order valence-electron chi connectivity index (χ0n) is 17.5. The molecule has 0 radical (unpaired) electrons. The van der Waals surface area contributed by atoms with Gasteiger partial charge in [-0.3, -0.25) is 15.4 Å². The summed E-state index contributed by atoms with van der Waals surface area (Å²) >= 11 is 0. The van der Waals surface area contributed by atoms with E-state index in [2.05, 4.69) is 20.8 Å². The normalized spacial score (nSPS) is 11.4. The standard InChI is InChI=1S/C19H43N9/c20-19(21)28(15-11-7-3-1-5-9-13-24-17-26-22)16-12-8-4-2-6-10-14-25-18-27-23/h17-18H,1-16,22-23H2,(H3,20,21)(H,24,26)(H,25,27). The van der Waals surface area contributed by atoms with Gasteiger partial charge in [0.05, 0.1) is 12.7 Å². The quantitative estimate of drug-likeness (QED) is 0.0605. The van der Waals surface area contributed by atoms with Crippen molar-refractivity contribution < 1.29 is 0 Å². The first-order valence-electron chi connectivity index (χ1n) is 10.7. The minimum atomic E-state index is 0.206. The van der Waals surface area contributed by atoms with E-state index in [4.69, 9.17) is 22.8 Å². The van der Waals surface area contributed by atoms with Gasteiger partial charge in [-0.05, 0) is 25.7 Å². The third-order valence-corrected chi connectivity index (χ3v) is 4.60. The van der Waals surface area contributed by atoms with Gasteiger partial charge in [0.2, 0.25) is 0 Å². The van der Waals surface area contributed by atoms with E-state index in [1.165, 1.54) is 64.0 Å². The first kappa shape index (κ1) is 26.1. The lowest BCUT2D eigenvalue weighted by Crippen LogP contribution is -2.37. The molecule has 0 aliphatic carbocycles. The van der Waals surface area contributed by atoms with Crippen LogP contribution in [0.4, 0.5) is 0 Å². The van der Waals surface area contributed by atoms with Crippen molar-refractivity contribution in [2.75, 3.05) is 26.2 Å². The largest absolute Gasteiger partial charge is 0.370 e. The Kier molecular flexibility index (Phi) is 20.0. The van der Waals surface area contributed by atoms with Crippen LogP contribution >= 0.6 is 0 Å². The molecule has 0 rings (SSSR count). The Morgan fingerprint density at radius 3 is 1.39 bits per heavy atom. The van der Waals surface area contributed by atoms with Crippen molar-refractivity contribution in [2.24, 2.45) is 27.4 Å². The Labute approximate surface area is 171 Å². The highest BCUT2D eigenvalue weighted by Gasteiger charge is 2.05. The second kappa shape index (κ2) is 21.4. The molecule has 0 saturated carbocycles. The first-order chi connectivity index (χ1) is 13.7. The molecule has 9 N–H and O–H groups in total. The van der Waals surface area contributed by atoms with Crippen LogP contribution < -0.4 is 28.3 Å². The number of hydrogen-bond donors (Lipinski definition) is 6. The van der Waals surface area contributed by atoms with Crippen LogP contribution in [0.1, 0.15) is 77.0 Å². The van der Waals surface area contributed by atoms with Crippen molar-refractivity contribution >= 4 is 18.6 Å². The molecule has 9 heteroatoms. The number of rotatable bonds is 20. The van der Waals surface area contributed by atoms with Crippen LogP contribution in [0.2, 0.25) is 0 Å². The molecule has 0 saturated heterocycles. The lowest BCUT2D eigenvalue weighted by Gasteiger charge is -2.22. The van der Waals surface area contributed by atoms with E-state index in [1.54, 1.807) is 0 Å². The third-order valence-electron chi connectivity index (χ3n) is 4.60. The molecule has 9 nitrogen and oxygen atoms in total. The second-order valence-corrected chi connectivity index (χ2v) is 7.02. The van der Waals surface area contributed by atoms with Gasteiger partial charge in [-0.25, -0.2) is 11.7 Å². The van der Waals surface area contributed by atoms with Crippen LogP contribution in [0.25, 0.3) is 0 Å². The van der Waals surface area contributed by atoms with Crippen molar-refractivity contribution in [1.29, 1.82) is 5.41 Å². The molecular formula is C19H43N9. The molecule has 0 fully saturated rings. The first-order valence-corrected chi connectivity index (χ1v) is 10.7. The van der Waals surface area contributed by atoms with Crippen LogP contribution in [-0.4, -0.2) is 49.7 Å². The van der Waals surface area contributed by atoms with Crippen molar-refractivity contribution in [2.45, 2.75) is 77.0 Å². The molecule has 0 amide bonds. The number of hydrogen-bond acceptors (Lipinski definition) is 5. The van der Waals surface area contributed by atoms with E-state index in [-0.39, 0.29) is 5.96 Å². The Morgan fingerprint density at radius 1 is 0.679 bits per heavy atom. The maximum Gasteiger partial charge on any atom is 0.188 e. The molecule has 0 aliphatic rings. The molecule has 0 aromatic heterocycles. The zero-order valence-corrected chi connectivity index (χ0v) is 17.5. The van der Waals surface area contributed by atoms with Gasteiger partial charge < -0.3 is 21.5 Å².